The van der Waals surface area contributed by atoms with Gasteiger partial charge < -0.3 is 9.67 Å². The Morgan fingerprint density at radius 3 is 2.31 bits per heavy atom. The van der Waals surface area contributed by atoms with Gasteiger partial charge in [-0.05, 0) is 48.1 Å². The largest absolute Gasteiger partial charge is 0.388 e. The topological polar surface area (TPSA) is 71.2 Å². The van der Waals surface area contributed by atoms with Crippen LogP contribution in [0.3, 0.4) is 0 Å². The van der Waals surface area contributed by atoms with Gasteiger partial charge in [-0.3, -0.25) is 9.69 Å². The van der Waals surface area contributed by atoms with Gasteiger partial charge in [-0.25, -0.2) is 8.78 Å². The smallest absolute Gasteiger partial charge is 0.196 e. The number of carbonyl (C=O) groups excluding carboxylic acids is 1. The molecule has 1 heterocycles. The summed E-state index contributed by atoms with van der Waals surface area (Å²) in [6.07, 6.45) is 0. The van der Waals surface area contributed by atoms with Crippen LogP contribution in [-0.2, 0) is 20.1 Å². The van der Waals surface area contributed by atoms with Crippen LogP contribution >= 0.6 is 11.8 Å². The maximum atomic E-state index is 14.5. The molecule has 0 aliphatic heterocycles. The molecule has 4 rings (SSSR count). The second kappa shape index (κ2) is 10.9. The second-order valence-electron chi connectivity index (χ2n) is 8.18. The molecular formula is C26H24F2N4O2S. The Morgan fingerprint density at radius 1 is 0.971 bits per heavy atom. The van der Waals surface area contributed by atoms with Crippen molar-refractivity contribution in [2.24, 2.45) is 7.05 Å². The van der Waals surface area contributed by atoms with Crippen molar-refractivity contribution in [2.75, 3.05) is 13.7 Å². The summed E-state index contributed by atoms with van der Waals surface area (Å²) in [5.41, 5.74) is 2.94. The summed E-state index contributed by atoms with van der Waals surface area (Å²) < 4.78 is 30.7. The Bertz CT molecular complexity index is 1320. The molecule has 0 aliphatic rings. The molecule has 4 aromatic rings. The van der Waals surface area contributed by atoms with Gasteiger partial charge in [-0.15, -0.1) is 10.2 Å². The number of rotatable bonds is 9. The number of hydrogen-bond donors (Lipinski definition) is 1. The van der Waals surface area contributed by atoms with Crippen LogP contribution in [0.2, 0.25) is 0 Å². The van der Waals surface area contributed by atoms with Gasteiger partial charge in [0.25, 0.3) is 0 Å². The predicted molar refractivity (Wildman–Crippen MR) is 130 cm³/mol. The number of carbonyl (C=O) groups is 1. The van der Waals surface area contributed by atoms with E-state index in [9.17, 15) is 13.6 Å². The number of hydrogen-bond acceptors (Lipinski definition) is 6. The van der Waals surface area contributed by atoms with Crippen LogP contribution in [0.1, 0.15) is 21.5 Å². The SMILES string of the molecule is CN(Cc1ccccc1)Cc1cccc(-c2nnc(Sc3c(F)cc(C(=O)CO)cc3F)n2C)c1. The Morgan fingerprint density at radius 2 is 1.63 bits per heavy atom. The van der Waals surface area contributed by atoms with E-state index in [0.29, 0.717) is 11.0 Å². The molecule has 0 atom stereocenters. The minimum Gasteiger partial charge on any atom is -0.388 e. The number of aromatic nitrogens is 3. The van der Waals surface area contributed by atoms with Gasteiger partial charge in [0.2, 0.25) is 0 Å². The summed E-state index contributed by atoms with van der Waals surface area (Å²) in [6, 6.07) is 20.0. The number of aliphatic hydroxyl groups excluding tert-OH is 1. The third kappa shape index (κ3) is 5.82. The van der Waals surface area contributed by atoms with Crippen LogP contribution in [0, 0.1) is 11.6 Å². The van der Waals surface area contributed by atoms with Crippen LogP contribution in [0.4, 0.5) is 8.78 Å². The van der Waals surface area contributed by atoms with E-state index < -0.39 is 24.0 Å². The molecule has 180 valence electrons. The second-order valence-corrected chi connectivity index (χ2v) is 9.15. The third-order valence-electron chi connectivity index (χ3n) is 5.43. The fourth-order valence-electron chi connectivity index (χ4n) is 3.73. The third-order valence-corrected chi connectivity index (χ3v) is 6.56. The van der Waals surface area contributed by atoms with Crippen molar-refractivity contribution >= 4 is 17.5 Å². The summed E-state index contributed by atoms with van der Waals surface area (Å²) in [6.45, 7) is 0.728. The van der Waals surface area contributed by atoms with Crippen LogP contribution in [0.5, 0.6) is 0 Å². The molecule has 0 unspecified atom stereocenters. The number of Topliss-reactive ketones (excluding diaryl/α,β-unsaturated/α-hetero) is 1. The first-order valence-electron chi connectivity index (χ1n) is 10.9. The van der Waals surface area contributed by atoms with E-state index in [1.54, 1.807) is 11.6 Å². The normalized spacial score (nSPS) is 11.3. The molecule has 0 fully saturated rings. The molecular weight excluding hydrogens is 470 g/mol. The molecule has 9 heteroatoms. The number of nitrogens with zero attached hydrogens (tertiary/aromatic N) is 4. The van der Waals surface area contributed by atoms with E-state index in [-0.39, 0.29) is 10.5 Å². The fraction of sp³-hybridized carbons (Fsp3) is 0.192. The van der Waals surface area contributed by atoms with Crippen molar-refractivity contribution < 1.29 is 18.7 Å². The Labute approximate surface area is 206 Å². The number of aliphatic hydroxyl groups is 1. The zero-order chi connectivity index (χ0) is 24.9. The van der Waals surface area contributed by atoms with E-state index in [4.69, 9.17) is 5.11 Å². The van der Waals surface area contributed by atoms with E-state index in [1.165, 1.54) is 5.56 Å². The fourth-order valence-corrected chi connectivity index (χ4v) is 4.53. The molecule has 3 aromatic carbocycles. The van der Waals surface area contributed by atoms with Crippen molar-refractivity contribution in [1.29, 1.82) is 0 Å². The molecule has 0 saturated heterocycles. The summed E-state index contributed by atoms with van der Waals surface area (Å²) in [5, 5.41) is 17.6. The highest BCUT2D eigenvalue weighted by molar-refractivity contribution is 7.99. The Hall–Kier alpha value is -3.40. The lowest BCUT2D eigenvalue weighted by Gasteiger charge is -2.17. The van der Waals surface area contributed by atoms with Gasteiger partial charge in [-0.2, -0.15) is 0 Å². The number of ketones is 1. The van der Waals surface area contributed by atoms with Crippen LogP contribution in [0.15, 0.2) is 76.8 Å². The van der Waals surface area contributed by atoms with Gasteiger partial charge >= 0.3 is 0 Å². The Kier molecular flexibility index (Phi) is 7.70. The van der Waals surface area contributed by atoms with Gasteiger partial charge in [0.15, 0.2) is 16.8 Å². The van der Waals surface area contributed by atoms with E-state index in [0.717, 1.165) is 48.1 Å². The lowest BCUT2D eigenvalue weighted by atomic mass is 10.1. The highest BCUT2D eigenvalue weighted by Gasteiger charge is 2.20. The quantitative estimate of drug-likeness (QED) is 0.340. The number of halogens is 2. The van der Waals surface area contributed by atoms with Gasteiger partial charge in [0.1, 0.15) is 18.2 Å². The van der Waals surface area contributed by atoms with Crippen molar-refractivity contribution in [3.63, 3.8) is 0 Å². The van der Waals surface area contributed by atoms with Gasteiger partial charge in [0.05, 0.1) is 4.90 Å². The molecule has 0 radical (unpaired) electrons. The zero-order valence-electron chi connectivity index (χ0n) is 19.3. The maximum absolute atomic E-state index is 14.5. The maximum Gasteiger partial charge on any atom is 0.196 e. The summed E-state index contributed by atoms with van der Waals surface area (Å²) in [4.78, 5) is 13.5. The minimum atomic E-state index is -0.903. The number of benzene rings is 3. The average molecular weight is 495 g/mol. The summed E-state index contributed by atoms with van der Waals surface area (Å²) in [5.74, 6) is -2.00. The minimum absolute atomic E-state index is 0.223. The molecule has 0 bridgehead atoms. The molecule has 0 saturated carbocycles. The van der Waals surface area contributed by atoms with Crippen molar-refractivity contribution in [3.8, 4) is 11.4 Å². The van der Waals surface area contributed by atoms with E-state index in [2.05, 4.69) is 34.3 Å². The van der Waals surface area contributed by atoms with Gasteiger partial charge in [0, 0.05) is 31.3 Å². The summed E-state index contributed by atoms with van der Waals surface area (Å²) in [7, 11) is 3.78. The zero-order valence-corrected chi connectivity index (χ0v) is 20.1. The van der Waals surface area contributed by atoms with Crippen LogP contribution < -0.4 is 0 Å². The molecule has 1 aromatic heterocycles. The Balaban J connectivity index is 1.52. The summed E-state index contributed by atoms with van der Waals surface area (Å²) >= 11 is 0.784. The molecule has 0 aliphatic carbocycles. The standard InChI is InChI=1S/C26H24F2N4O2S/c1-31(14-17-7-4-3-5-8-17)15-18-9-6-10-19(11-18)25-29-30-26(32(25)2)35-24-21(27)12-20(13-22(24)28)23(34)16-33/h3-13,33H,14-16H2,1-2H3. The first-order chi connectivity index (χ1) is 16.9. The molecule has 0 amide bonds. The highest BCUT2D eigenvalue weighted by atomic mass is 32.2. The van der Waals surface area contributed by atoms with Crippen molar-refractivity contribution in [2.45, 2.75) is 23.1 Å². The van der Waals surface area contributed by atoms with Gasteiger partial charge in [-0.1, -0.05) is 48.5 Å². The molecule has 0 spiro atoms. The van der Waals surface area contributed by atoms with Crippen molar-refractivity contribution in [1.82, 2.24) is 19.7 Å². The lowest BCUT2D eigenvalue weighted by Crippen LogP contribution is -2.17. The molecule has 35 heavy (non-hydrogen) atoms. The predicted octanol–water partition coefficient (Wildman–Crippen LogP) is 4.72. The molecule has 6 nitrogen and oxygen atoms in total. The van der Waals surface area contributed by atoms with Crippen molar-refractivity contribution in [3.05, 3.63) is 95.1 Å². The first kappa shape index (κ1) is 24.7. The first-order valence-corrected chi connectivity index (χ1v) is 11.7. The highest BCUT2D eigenvalue weighted by Crippen LogP contribution is 2.33. The molecule has 1 N–H and O–H groups in total. The average Bonchev–Trinajstić information content (AvgIpc) is 3.21. The monoisotopic (exact) mass is 494 g/mol. The van der Waals surface area contributed by atoms with Crippen LogP contribution in [0.25, 0.3) is 11.4 Å². The van der Waals surface area contributed by atoms with E-state index in [1.807, 2.05) is 42.5 Å². The lowest BCUT2D eigenvalue weighted by molar-refractivity contribution is 0.0902. The van der Waals surface area contributed by atoms with E-state index >= 15 is 0 Å². The van der Waals surface area contributed by atoms with Crippen LogP contribution in [-0.4, -0.2) is 44.2 Å².